The van der Waals surface area contributed by atoms with Crippen molar-refractivity contribution in [2.24, 2.45) is 5.92 Å². The van der Waals surface area contributed by atoms with Crippen LogP contribution in [0, 0.1) is 12.8 Å². The maximum atomic E-state index is 12.7. The third-order valence-corrected chi connectivity index (χ3v) is 4.47. The highest BCUT2D eigenvalue weighted by Crippen LogP contribution is 2.30. The molecule has 9 heteroatoms. The van der Waals surface area contributed by atoms with Crippen LogP contribution in [0.1, 0.15) is 28.9 Å². The molecular weight excluding hydrogens is 360 g/mol. The lowest BCUT2D eigenvalue weighted by molar-refractivity contribution is -0.117. The van der Waals surface area contributed by atoms with Crippen LogP contribution in [-0.2, 0) is 4.79 Å². The van der Waals surface area contributed by atoms with Crippen LogP contribution >= 0.6 is 0 Å². The standard InChI is InChI=1S/C19H18N6O3/c1-11-15(10-20-25(11)16-7-8-17(26)24-23-16)19(28)22-14-4-2-3-13(9-14)21-18(27)12-5-6-12/h2-4,7-10,12H,5-6H2,1H3,(H,21,27)(H,22,28)(H,24,26). The van der Waals surface area contributed by atoms with E-state index in [9.17, 15) is 14.4 Å². The molecule has 3 aromatic rings. The largest absolute Gasteiger partial charge is 0.326 e. The number of hydrogen-bond acceptors (Lipinski definition) is 5. The van der Waals surface area contributed by atoms with Gasteiger partial charge in [-0.2, -0.15) is 10.2 Å². The molecule has 2 aromatic heterocycles. The van der Waals surface area contributed by atoms with Gasteiger partial charge in [0.25, 0.3) is 11.5 Å². The highest BCUT2D eigenvalue weighted by Gasteiger charge is 2.29. The van der Waals surface area contributed by atoms with Gasteiger partial charge in [0.2, 0.25) is 5.91 Å². The molecule has 1 saturated carbocycles. The second-order valence-electron chi connectivity index (χ2n) is 6.63. The van der Waals surface area contributed by atoms with E-state index in [1.807, 2.05) is 0 Å². The smallest absolute Gasteiger partial charge is 0.264 e. The zero-order valence-electron chi connectivity index (χ0n) is 15.1. The number of hydrogen-bond donors (Lipinski definition) is 3. The van der Waals surface area contributed by atoms with Crippen LogP contribution in [0.2, 0.25) is 0 Å². The number of amides is 2. The highest BCUT2D eigenvalue weighted by atomic mass is 16.2. The first kappa shape index (κ1) is 17.7. The van der Waals surface area contributed by atoms with Crippen molar-refractivity contribution in [3.8, 4) is 5.82 Å². The molecule has 1 aromatic carbocycles. The van der Waals surface area contributed by atoms with Gasteiger partial charge in [0, 0.05) is 23.4 Å². The lowest BCUT2D eigenvalue weighted by Crippen LogP contribution is -2.15. The van der Waals surface area contributed by atoms with Gasteiger partial charge in [-0.15, -0.1) is 0 Å². The second-order valence-corrected chi connectivity index (χ2v) is 6.63. The Morgan fingerprint density at radius 2 is 1.89 bits per heavy atom. The lowest BCUT2D eigenvalue weighted by atomic mass is 10.2. The fourth-order valence-corrected chi connectivity index (χ4v) is 2.78. The van der Waals surface area contributed by atoms with E-state index in [1.54, 1.807) is 31.2 Å². The molecule has 0 bridgehead atoms. The Hall–Kier alpha value is -3.75. The summed E-state index contributed by atoms with van der Waals surface area (Å²) in [5.41, 5.74) is 1.84. The normalized spacial score (nSPS) is 13.2. The van der Waals surface area contributed by atoms with Crippen LogP contribution in [-0.4, -0.2) is 31.8 Å². The van der Waals surface area contributed by atoms with E-state index < -0.39 is 0 Å². The molecule has 142 valence electrons. The van der Waals surface area contributed by atoms with Crippen LogP contribution in [0.15, 0.2) is 47.4 Å². The van der Waals surface area contributed by atoms with Crippen LogP contribution in [0.3, 0.4) is 0 Å². The van der Waals surface area contributed by atoms with Gasteiger partial charge in [-0.05, 0) is 44.0 Å². The van der Waals surface area contributed by atoms with Crippen LogP contribution in [0.4, 0.5) is 11.4 Å². The van der Waals surface area contributed by atoms with Gasteiger partial charge in [0.1, 0.15) is 0 Å². The molecule has 28 heavy (non-hydrogen) atoms. The third kappa shape index (κ3) is 3.68. The lowest BCUT2D eigenvalue weighted by Gasteiger charge is -2.09. The Kier molecular flexibility index (Phi) is 4.48. The molecule has 0 saturated heterocycles. The molecule has 2 amide bonds. The molecule has 3 N–H and O–H groups in total. The summed E-state index contributed by atoms with van der Waals surface area (Å²) in [6, 6.07) is 9.85. The van der Waals surface area contributed by atoms with Crippen LogP contribution in [0.5, 0.6) is 0 Å². The third-order valence-electron chi connectivity index (χ3n) is 4.47. The Bertz CT molecular complexity index is 1090. The Morgan fingerprint density at radius 3 is 2.57 bits per heavy atom. The van der Waals surface area contributed by atoms with Crippen molar-refractivity contribution in [2.75, 3.05) is 10.6 Å². The van der Waals surface area contributed by atoms with E-state index >= 15 is 0 Å². The van der Waals surface area contributed by atoms with E-state index in [0.717, 1.165) is 12.8 Å². The van der Waals surface area contributed by atoms with Gasteiger partial charge in [0.15, 0.2) is 5.82 Å². The van der Waals surface area contributed by atoms with E-state index in [0.29, 0.717) is 28.5 Å². The van der Waals surface area contributed by atoms with Crippen molar-refractivity contribution in [2.45, 2.75) is 19.8 Å². The minimum atomic E-state index is -0.334. The van der Waals surface area contributed by atoms with Crippen molar-refractivity contribution in [3.63, 3.8) is 0 Å². The van der Waals surface area contributed by atoms with Gasteiger partial charge in [-0.3, -0.25) is 14.4 Å². The van der Waals surface area contributed by atoms with Crippen molar-refractivity contribution in [3.05, 3.63) is 64.2 Å². The number of aromatic nitrogens is 4. The van der Waals surface area contributed by atoms with Gasteiger partial charge in [0.05, 0.1) is 17.5 Å². The van der Waals surface area contributed by atoms with Gasteiger partial charge in [-0.25, -0.2) is 9.78 Å². The molecule has 0 atom stereocenters. The average molecular weight is 378 g/mol. The number of aromatic amines is 1. The van der Waals surface area contributed by atoms with E-state index in [-0.39, 0.29) is 23.3 Å². The molecule has 1 aliphatic rings. The first-order valence-corrected chi connectivity index (χ1v) is 8.84. The number of carbonyl (C=O) groups excluding carboxylic acids is 2. The fraction of sp³-hybridized carbons (Fsp3) is 0.211. The maximum Gasteiger partial charge on any atom is 0.264 e. The molecule has 4 rings (SSSR count). The molecule has 2 heterocycles. The predicted octanol–water partition coefficient (Wildman–Crippen LogP) is 1.86. The molecule has 0 aliphatic heterocycles. The zero-order chi connectivity index (χ0) is 19.7. The minimum Gasteiger partial charge on any atom is -0.326 e. The summed E-state index contributed by atoms with van der Waals surface area (Å²) in [4.78, 5) is 35.7. The van der Waals surface area contributed by atoms with Crippen LogP contribution < -0.4 is 16.2 Å². The number of anilines is 2. The van der Waals surface area contributed by atoms with Gasteiger partial charge < -0.3 is 10.6 Å². The number of nitrogens with zero attached hydrogens (tertiary/aromatic N) is 3. The van der Waals surface area contributed by atoms with Gasteiger partial charge >= 0.3 is 0 Å². The second kappa shape index (κ2) is 7.10. The number of benzene rings is 1. The maximum absolute atomic E-state index is 12.7. The first-order chi connectivity index (χ1) is 13.5. The Morgan fingerprint density at radius 1 is 1.14 bits per heavy atom. The van der Waals surface area contributed by atoms with Crippen molar-refractivity contribution in [1.82, 2.24) is 20.0 Å². The number of H-pyrrole nitrogens is 1. The monoisotopic (exact) mass is 378 g/mol. The molecular formula is C19H18N6O3. The summed E-state index contributed by atoms with van der Waals surface area (Å²) in [7, 11) is 0. The predicted molar refractivity (Wildman–Crippen MR) is 102 cm³/mol. The summed E-state index contributed by atoms with van der Waals surface area (Å²) in [5.74, 6) is 0.182. The Balaban J connectivity index is 1.50. The summed E-state index contributed by atoms with van der Waals surface area (Å²) >= 11 is 0. The quantitative estimate of drug-likeness (QED) is 0.626. The number of rotatable bonds is 5. The summed E-state index contributed by atoms with van der Waals surface area (Å²) in [6.07, 6.45) is 3.29. The zero-order valence-corrected chi connectivity index (χ0v) is 15.1. The molecule has 9 nitrogen and oxygen atoms in total. The number of carbonyl (C=O) groups is 2. The topological polar surface area (TPSA) is 122 Å². The highest BCUT2D eigenvalue weighted by molar-refractivity contribution is 6.05. The van der Waals surface area contributed by atoms with Crippen molar-refractivity contribution in [1.29, 1.82) is 0 Å². The van der Waals surface area contributed by atoms with E-state index in [4.69, 9.17) is 0 Å². The Labute approximate surface area is 159 Å². The van der Waals surface area contributed by atoms with E-state index in [1.165, 1.54) is 23.0 Å². The van der Waals surface area contributed by atoms with E-state index in [2.05, 4.69) is 25.9 Å². The van der Waals surface area contributed by atoms with Crippen molar-refractivity contribution < 1.29 is 9.59 Å². The first-order valence-electron chi connectivity index (χ1n) is 8.84. The summed E-state index contributed by atoms with van der Waals surface area (Å²) in [5, 5.41) is 16.1. The minimum absolute atomic E-state index is 0.00833. The molecule has 0 unspecified atom stereocenters. The molecule has 1 aliphatic carbocycles. The summed E-state index contributed by atoms with van der Waals surface area (Å²) < 4.78 is 1.47. The summed E-state index contributed by atoms with van der Waals surface area (Å²) in [6.45, 7) is 1.74. The molecule has 1 fully saturated rings. The van der Waals surface area contributed by atoms with Crippen molar-refractivity contribution >= 4 is 23.2 Å². The SMILES string of the molecule is Cc1c(C(=O)Nc2cccc(NC(=O)C3CC3)c2)cnn1-c1ccc(=O)[nH]n1. The molecule has 0 radical (unpaired) electrons. The molecule has 0 spiro atoms. The van der Waals surface area contributed by atoms with Crippen LogP contribution in [0.25, 0.3) is 5.82 Å². The van der Waals surface area contributed by atoms with Gasteiger partial charge in [-0.1, -0.05) is 6.07 Å². The average Bonchev–Trinajstić information content (AvgIpc) is 3.45. The fourth-order valence-electron chi connectivity index (χ4n) is 2.78. The number of nitrogens with one attached hydrogen (secondary N) is 3.